The fraction of sp³-hybridized carbons (Fsp3) is 0.500. The molecule has 0 fully saturated rings. The quantitative estimate of drug-likeness (QED) is 0.499. The molecule has 0 aliphatic heterocycles. The Kier molecular flexibility index (Phi) is 9.97. The summed E-state index contributed by atoms with van der Waals surface area (Å²) in [5, 5.41) is 3.02. The van der Waals surface area contributed by atoms with Crippen molar-refractivity contribution in [3.63, 3.8) is 0 Å². The van der Waals surface area contributed by atoms with E-state index >= 15 is 0 Å². The van der Waals surface area contributed by atoms with E-state index in [1.54, 1.807) is 12.0 Å². The molecule has 0 saturated carbocycles. The van der Waals surface area contributed by atoms with Crippen LogP contribution in [0.1, 0.15) is 65.5 Å². The predicted octanol–water partition coefficient (Wildman–Crippen LogP) is 5.09. The lowest BCUT2D eigenvalue weighted by atomic mass is 9.87. The molecule has 6 heteroatoms. The van der Waals surface area contributed by atoms with Crippen molar-refractivity contribution >= 4 is 11.8 Å². The van der Waals surface area contributed by atoms with Gasteiger partial charge in [-0.1, -0.05) is 58.9 Å². The molecule has 0 spiro atoms. The lowest BCUT2D eigenvalue weighted by molar-refractivity contribution is -0.143. The third-order valence-corrected chi connectivity index (χ3v) is 5.96. The summed E-state index contributed by atoms with van der Waals surface area (Å²) in [6.07, 6.45) is 1.32. The SMILES string of the molecule is CC[C@H](C)NC(=O)[C@H](CC)N(Cc1cccc(OC)c1)C(=O)COc1ccc(C(C)(C)C)cc1. The van der Waals surface area contributed by atoms with Crippen molar-refractivity contribution in [2.24, 2.45) is 0 Å². The molecule has 0 bridgehead atoms. The van der Waals surface area contributed by atoms with Crippen LogP contribution in [0.5, 0.6) is 11.5 Å². The minimum Gasteiger partial charge on any atom is -0.497 e. The third-order valence-electron chi connectivity index (χ3n) is 5.96. The Hall–Kier alpha value is -3.02. The van der Waals surface area contributed by atoms with Gasteiger partial charge in [0.25, 0.3) is 5.91 Å². The molecule has 2 aromatic rings. The number of ether oxygens (including phenoxy) is 2. The monoisotopic (exact) mass is 468 g/mol. The summed E-state index contributed by atoms with van der Waals surface area (Å²) in [6.45, 7) is 12.5. The van der Waals surface area contributed by atoms with Crippen LogP contribution in [0, 0.1) is 0 Å². The molecule has 2 rings (SSSR count). The Bertz CT molecular complexity index is 934. The number of carbonyl (C=O) groups excluding carboxylic acids is 2. The van der Waals surface area contributed by atoms with Crippen LogP contribution in [-0.2, 0) is 21.5 Å². The zero-order valence-corrected chi connectivity index (χ0v) is 21.7. The van der Waals surface area contributed by atoms with Crippen molar-refractivity contribution in [3.05, 3.63) is 59.7 Å². The van der Waals surface area contributed by atoms with E-state index in [0.29, 0.717) is 17.9 Å². The van der Waals surface area contributed by atoms with E-state index < -0.39 is 6.04 Å². The van der Waals surface area contributed by atoms with Gasteiger partial charge >= 0.3 is 0 Å². The van der Waals surface area contributed by atoms with Gasteiger partial charge in [0.05, 0.1) is 7.11 Å². The van der Waals surface area contributed by atoms with Crippen LogP contribution >= 0.6 is 0 Å². The van der Waals surface area contributed by atoms with E-state index in [2.05, 4.69) is 26.1 Å². The zero-order chi connectivity index (χ0) is 25.3. The summed E-state index contributed by atoms with van der Waals surface area (Å²) in [7, 11) is 1.61. The van der Waals surface area contributed by atoms with E-state index in [1.807, 2.05) is 69.3 Å². The van der Waals surface area contributed by atoms with Crippen LogP contribution in [0.25, 0.3) is 0 Å². The van der Waals surface area contributed by atoms with Gasteiger partial charge < -0.3 is 19.7 Å². The highest BCUT2D eigenvalue weighted by Gasteiger charge is 2.29. The normalized spacial score (nSPS) is 13.0. The molecule has 0 aliphatic rings. The summed E-state index contributed by atoms with van der Waals surface area (Å²) < 4.78 is 11.2. The number of benzene rings is 2. The van der Waals surface area contributed by atoms with Crippen molar-refractivity contribution in [1.82, 2.24) is 10.2 Å². The van der Waals surface area contributed by atoms with Gasteiger partial charge in [-0.15, -0.1) is 0 Å². The zero-order valence-electron chi connectivity index (χ0n) is 21.7. The first kappa shape index (κ1) is 27.2. The number of nitrogens with one attached hydrogen (secondary N) is 1. The first-order chi connectivity index (χ1) is 16.1. The largest absolute Gasteiger partial charge is 0.497 e. The molecule has 0 unspecified atom stereocenters. The maximum absolute atomic E-state index is 13.4. The first-order valence-electron chi connectivity index (χ1n) is 12.0. The molecule has 2 aromatic carbocycles. The minimum absolute atomic E-state index is 0.0351. The number of hydrogen-bond donors (Lipinski definition) is 1. The van der Waals surface area contributed by atoms with Crippen LogP contribution in [-0.4, -0.2) is 42.5 Å². The smallest absolute Gasteiger partial charge is 0.261 e. The van der Waals surface area contributed by atoms with Gasteiger partial charge in [-0.25, -0.2) is 0 Å². The van der Waals surface area contributed by atoms with Crippen molar-refractivity contribution in [3.8, 4) is 11.5 Å². The van der Waals surface area contributed by atoms with Crippen molar-refractivity contribution in [2.75, 3.05) is 13.7 Å². The third kappa shape index (κ3) is 7.79. The van der Waals surface area contributed by atoms with Gasteiger partial charge in [-0.3, -0.25) is 9.59 Å². The van der Waals surface area contributed by atoms with Crippen molar-refractivity contribution in [1.29, 1.82) is 0 Å². The van der Waals surface area contributed by atoms with Crippen molar-refractivity contribution < 1.29 is 19.1 Å². The molecular formula is C28H40N2O4. The number of methoxy groups -OCH3 is 1. The molecule has 0 saturated heterocycles. The Morgan fingerprint density at radius 2 is 1.68 bits per heavy atom. The second-order valence-electron chi connectivity index (χ2n) is 9.68. The number of amides is 2. The average Bonchev–Trinajstić information content (AvgIpc) is 2.82. The fourth-order valence-electron chi connectivity index (χ4n) is 3.61. The number of rotatable bonds is 11. The molecule has 1 N–H and O–H groups in total. The van der Waals surface area contributed by atoms with Gasteiger partial charge in [0.15, 0.2) is 6.61 Å². The summed E-state index contributed by atoms with van der Waals surface area (Å²) in [5.41, 5.74) is 2.12. The Morgan fingerprint density at radius 3 is 2.24 bits per heavy atom. The molecular weight excluding hydrogens is 428 g/mol. The lowest BCUT2D eigenvalue weighted by Gasteiger charge is -2.31. The minimum atomic E-state index is -0.598. The molecule has 2 amide bonds. The summed E-state index contributed by atoms with van der Waals surface area (Å²) in [5.74, 6) is 0.938. The van der Waals surface area contributed by atoms with E-state index in [1.165, 1.54) is 5.56 Å². The predicted molar refractivity (Wildman–Crippen MR) is 136 cm³/mol. The van der Waals surface area contributed by atoms with E-state index in [9.17, 15) is 9.59 Å². The molecule has 0 heterocycles. The van der Waals surface area contributed by atoms with Crippen LogP contribution in [0.15, 0.2) is 48.5 Å². The molecule has 0 aromatic heterocycles. The molecule has 0 aliphatic carbocycles. The van der Waals surface area contributed by atoms with E-state index in [-0.39, 0.29) is 36.4 Å². The molecule has 186 valence electrons. The van der Waals surface area contributed by atoms with Gasteiger partial charge in [0, 0.05) is 12.6 Å². The van der Waals surface area contributed by atoms with Crippen molar-refractivity contribution in [2.45, 2.75) is 78.4 Å². The molecule has 6 nitrogen and oxygen atoms in total. The molecule has 2 atom stereocenters. The highest BCUT2D eigenvalue weighted by Crippen LogP contribution is 2.24. The molecule has 0 radical (unpaired) electrons. The maximum Gasteiger partial charge on any atom is 0.261 e. The van der Waals surface area contributed by atoms with Gasteiger partial charge in [0.1, 0.15) is 17.5 Å². The van der Waals surface area contributed by atoms with Crippen LogP contribution in [0.3, 0.4) is 0 Å². The standard InChI is InChI=1S/C28H40N2O4/c1-8-20(3)29-27(32)25(9-2)30(18-21-11-10-12-24(17-21)33-7)26(31)19-34-23-15-13-22(14-16-23)28(4,5)6/h10-17,20,25H,8-9,18-19H2,1-7H3,(H,29,32)/t20-,25-/m0/s1. The lowest BCUT2D eigenvalue weighted by Crippen LogP contribution is -2.51. The summed E-state index contributed by atoms with van der Waals surface area (Å²) >= 11 is 0. The van der Waals surface area contributed by atoms with Gasteiger partial charge in [-0.05, 0) is 60.6 Å². The first-order valence-corrected chi connectivity index (χ1v) is 12.0. The van der Waals surface area contributed by atoms with Crippen LogP contribution in [0.2, 0.25) is 0 Å². The fourth-order valence-corrected chi connectivity index (χ4v) is 3.61. The van der Waals surface area contributed by atoms with Crippen LogP contribution < -0.4 is 14.8 Å². The number of carbonyl (C=O) groups is 2. The Labute approximate surface area is 204 Å². The summed E-state index contributed by atoms with van der Waals surface area (Å²) in [6, 6.07) is 14.8. The highest BCUT2D eigenvalue weighted by molar-refractivity contribution is 5.88. The highest BCUT2D eigenvalue weighted by atomic mass is 16.5. The van der Waals surface area contributed by atoms with E-state index in [0.717, 1.165) is 12.0 Å². The molecule has 34 heavy (non-hydrogen) atoms. The van der Waals surface area contributed by atoms with Gasteiger partial charge in [0.2, 0.25) is 5.91 Å². The Morgan fingerprint density at radius 1 is 1.00 bits per heavy atom. The van der Waals surface area contributed by atoms with Gasteiger partial charge in [-0.2, -0.15) is 0 Å². The average molecular weight is 469 g/mol. The summed E-state index contributed by atoms with van der Waals surface area (Å²) in [4.78, 5) is 28.0. The second-order valence-corrected chi connectivity index (χ2v) is 9.68. The number of nitrogens with zero attached hydrogens (tertiary/aromatic N) is 1. The van der Waals surface area contributed by atoms with E-state index in [4.69, 9.17) is 9.47 Å². The van der Waals surface area contributed by atoms with Crippen LogP contribution in [0.4, 0.5) is 0 Å². The Balaban J connectivity index is 2.22. The maximum atomic E-state index is 13.4. The second kappa shape index (κ2) is 12.4. The topological polar surface area (TPSA) is 67.9 Å². The number of hydrogen-bond acceptors (Lipinski definition) is 4.